The summed E-state index contributed by atoms with van der Waals surface area (Å²) in [6, 6.07) is 10.7. The molecule has 7 nitrogen and oxygen atoms in total. The number of benzene rings is 1. The first-order chi connectivity index (χ1) is 14.4. The van der Waals surface area contributed by atoms with Crippen LogP contribution in [0.5, 0.6) is 0 Å². The molecule has 1 aromatic rings. The monoisotopic (exact) mass is 436 g/mol. The van der Waals surface area contributed by atoms with Crippen molar-refractivity contribution in [2.24, 2.45) is 4.99 Å². The third-order valence-electron chi connectivity index (χ3n) is 6.22. The largest absolute Gasteiger partial charge is 0.378 e. The van der Waals surface area contributed by atoms with Crippen LogP contribution in [0.15, 0.2) is 35.3 Å². The average Bonchev–Trinajstić information content (AvgIpc) is 2.70. The standard InChI is InChI=1S/C22H36N4O3S/c1-19(2)29-16-17-30(27,28)26-14-12-25(13-15-26)21(23-3)24-18-22(10-7-11-22)20-8-5-4-6-9-20/h4-6,8-9,19H,7,10-18H2,1-3H3,(H,23,24). The highest BCUT2D eigenvalue weighted by Gasteiger charge is 2.39. The van der Waals surface area contributed by atoms with E-state index in [-0.39, 0.29) is 23.9 Å². The van der Waals surface area contributed by atoms with Gasteiger partial charge >= 0.3 is 0 Å². The third-order valence-corrected chi connectivity index (χ3v) is 8.05. The number of hydrogen-bond donors (Lipinski definition) is 1. The Bertz CT molecular complexity index is 799. The molecule has 0 spiro atoms. The van der Waals surface area contributed by atoms with E-state index in [1.807, 2.05) is 13.8 Å². The molecule has 0 amide bonds. The fraction of sp³-hybridized carbons (Fsp3) is 0.682. The number of hydrogen-bond acceptors (Lipinski definition) is 4. The number of nitrogens with one attached hydrogen (secondary N) is 1. The van der Waals surface area contributed by atoms with Gasteiger partial charge in [-0.3, -0.25) is 4.99 Å². The van der Waals surface area contributed by atoms with Crippen LogP contribution in [0.1, 0.15) is 38.7 Å². The predicted octanol–water partition coefficient (Wildman–Crippen LogP) is 2.06. The fourth-order valence-corrected chi connectivity index (χ4v) is 5.52. The van der Waals surface area contributed by atoms with Crippen molar-refractivity contribution < 1.29 is 13.2 Å². The van der Waals surface area contributed by atoms with Gasteiger partial charge in [0.1, 0.15) is 0 Å². The van der Waals surface area contributed by atoms with Crippen LogP contribution >= 0.6 is 0 Å². The lowest BCUT2D eigenvalue weighted by atomic mass is 9.64. The van der Waals surface area contributed by atoms with E-state index in [1.165, 1.54) is 24.8 Å². The molecule has 0 bridgehead atoms. The molecule has 1 saturated carbocycles. The van der Waals surface area contributed by atoms with E-state index in [9.17, 15) is 8.42 Å². The lowest BCUT2D eigenvalue weighted by Gasteiger charge is -2.44. The van der Waals surface area contributed by atoms with Gasteiger partial charge in [0.2, 0.25) is 10.0 Å². The summed E-state index contributed by atoms with van der Waals surface area (Å²) in [7, 11) is -1.48. The maximum Gasteiger partial charge on any atom is 0.216 e. The Morgan fingerprint density at radius 3 is 2.37 bits per heavy atom. The highest BCUT2D eigenvalue weighted by molar-refractivity contribution is 7.89. The van der Waals surface area contributed by atoms with Crippen molar-refractivity contribution in [3.63, 3.8) is 0 Å². The fourth-order valence-electron chi connectivity index (χ4n) is 4.24. The van der Waals surface area contributed by atoms with Crippen molar-refractivity contribution in [3.8, 4) is 0 Å². The Hall–Kier alpha value is -1.64. The van der Waals surface area contributed by atoms with Gasteiger partial charge in [-0.15, -0.1) is 0 Å². The number of ether oxygens (including phenoxy) is 1. The molecule has 1 aliphatic carbocycles. The molecule has 2 aliphatic rings. The van der Waals surface area contributed by atoms with Gasteiger partial charge in [-0.05, 0) is 32.3 Å². The molecule has 0 aromatic heterocycles. The quantitative estimate of drug-likeness (QED) is 0.499. The van der Waals surface area contributed by atoms with Gasteiger partial charge in [0.15, 0.2) is 5.96 Å². The number of nitrogens with zero attached hydrogens (tertiary/aromatic N) is 3. The lowest BCUT2D eigenvalue weighted by Crippen LogP contribution is -2.56. The molecule has 0 unspecified atom stereocenters. The van der Waals surface area contributed by atoms with Gasteiger partial charge in [-0.2, -0.15) is 4.31 Å². The summed E-state index contributed by atoms with van der Waals surface area (Å²) in [6.07, 6.45) is 3.67. The summed E-state index contributed by atoms with van der Waals surface area (Å²) in [5.41, 5.74) is 1.57. The Morgan fingerprint density at radius 2 is 1.83 bits per heavy atom. The van der Waals surface area contributed by atoms with Gasteiger partial charge < -0.3 is 15.0 Å². The average molecular weight is 437 g/mol. The highest BCUT2D eigenvalue weighted by Crippen LogP contribution is 2.43. The van der Waals surface area contributed by atoms with Crippen molar-refractivity contribution in [1.82, 2.24) is 14.5 Å². The number of aliphatic imine (C=N–C) groups is 1. The Kier molecular flexibility index (Phi) is 7.76. The van der Waals surface area contributed by atoms with Crippen LogP contribution in [0.4, 0.5) is 0 Å². The van der Waals surface area contributed by atoms with Crippen LogP contribution < -0.4 is 5.32 Å². The number of guanidine groups is 1. The SMILES string of the molecule is CN=C(NCC1(c2ccccc2)CCC1)N1CCN(S(=O)(=O)CCOC(C)C)CC1. The van der Waals surface area contributed by atoms with E-state index in [2.05, 4.69) is 45.5 Å². The molecule has 2 fully saturated rings. The van der Waals surface area contributed by atoms with Crippen LogP contribution in [-0.4, -0.2) is 81.8 Å². The predicted molar refractivity (Wildman–Crippen MR) is 121 cm³/mol. The minimum atomic E-state index is -3.28. The maximum atomic E-state index is 12.6. The zero-order valence-electron chi connectivity index (χ0n) is 18.5. The van der Waals surface area contributed by atoms with E-state index in [0.29, 0.717) is 26.2 Å². The second kappa shape index (κ2) is 10.1. The highest BCUT2D eigenvalue weighted by atomic mass is 32.2. The number of piperazine rings is 1. The van der Waals surface area contributed by atoms with E-state index < -0.39 is 10.0 Å². The molecular weight excluding hydrogens is 400 g/mol. The van der Waals surface area contributed by atoms with Crippen LogP contribution in [0.2, 0.25) is 0 Å². The van der Waals surface area contributed by atoms with E-state index in [1.54, 1.807) is 11.4 Å². The van der Waals surface area contributed by atoms with E-state index in [0.717, 1.165) is 12.5 Å². The molecule has 1 saturated heterocycles. The van der Waals surface area contributed by atoms with E-state index >= 15 is 0 Å². The van der Waals surface area contributed by atoms with Crippen LogP contribution in [0, 0.1) is 0 Å². The molecule has 1 heterocycles. The number of sulfonamides is 1. The summed E-state index contributed by atoms with van der Waals surface area (Å²) in [6.45, 7) is 7.17. The molecule has 1 aromatic carbocycles. The zero-order valence-corrected chi connectivity index (χ0v) is 19.3. The lowest BCUT2D eigenvalue weighted by molar-refractivity contribution is 0.0904. The van der Waals surface area contributed by atoms with Crippen molar-refractivity contribution in [2.45, 2.75) is 44.6 Å². The smallest absolute Gasteiger partial charge is 0.216 e. The number of rotatable bonds is 8. The Balaban J connectivity index is 1.52. The first kappa shape index (κ1) is 23.0. The van der Waals surface area contributed by atoms with Crippen molar-refractivity contribution in [1.29, 1.82) is 0 Å². The van der Waals surface area contributed by atoms with Gasteiger partial charge in [0.05, 0.1) is 18.5 Å². The Morgan fingerprint density at radius 1 is 1.17 bits per heavy atom. The summed E-state index contributed by atoms with van der Waals surface area (Å²) in [4.78, 5) is 6.63. The summed E-state index contributed by atoms with van der Waals surface area (Å²) in [5, 5.41) is 3.57. The molecule has 1 N–H and O–H groups in total. The second-order valence-electron chi connectivity index (χ2n) is 8.52. The molecule has 0 atom stereocenters. The third kappa shape index (κ3) is 5.53. The molecular formula is C22H36N4O3S. The minimum Gasteiger partial charge on any atom is -0.378 e. The van der Waals surface area contributed by atoms with E-state index in [4.69, 9.17) is 4.74 Å². The Labute approximate surface area is 181 Å². The van der Waals surface area contributed by atoms with Crippen molar-refractivity contribution in [2.75, 3.05) is 52.1 Å². The minimum absolute atomic E-state index is 0.0394. The first-order valence-electron chi connectivity index (χ1n) is 11.0. The van der Waals surface area contributed by atoms with Gasteiger partial charge in [0, 0.05) is 45.2 Å². The molecule has 8 heteroatoms. The zero-order chi connectivity index (χ0) is 21.6. The molecule has 3 rings (SSSR count). The second-order valence-corrected chi connectivity index (χ2v) is 10.6. The maximum absolute atomic E-state index is 12.6. The first-order valence-corrected chi connectivity index (χ1v) is 12.6. The van der Waals surface area contributed by atoms with Gasteiger partial charge in [-0.25, -0.2) is 8.42 Å². The van der Waals surface area contributed by atoms with Crippen molar-refractivity contribution in [3.05, 3.63) is 35.9 Å². The van der Waals surface area contributed by atoms with Crippen LogP contribution in [-0.2, 0) is 20.2 Å². The van der Waals surface area contributed by atoms with Crippen molar-refractivity contribution >= 4 is 16.0 Å². The molecule has 1 aliphatic heterocycles. The van der Waals surface area contributed by atoms with Gasteiger partial charge in [0.25, 0.3) is 0 Å². The normalized spacial score (nSPS) is 20.3. The van der Waals surface area contributed by atoms with Crippen LogP contribution in [0.3, 0.4) is 0 Å². The summed E-state index contributed by atoms with van der Waals surface area (Å²) in [5.74, 6) is 0.898. The molecule has 168 valence electrons. The van der Waals surface area contributed by atoms with Gasteiger partial charge in [-0.1, -0.05) is 36.8 Å². The molecule has 0 radical (unpaired) electrons. The molecule has 30 heavy (non-hydrogen) atoms. The topological polar surface area (TPSA) is 74.2 Å². The summed E-state index contributed by atoms with van der Waals surface area (Å²) >= 11 is 0. The van der Waals surface area contributed by atoms with Crippen LogP contribution in [0.25, 0.3) is 0 Å². The summed E-state index contributed by atoms with van der Waals surface area (Å²) < 4.78 is 32.1.